The van der Waals surface area contributed by atoms with Crippen molar-refractivity contribution in [3.8, 4) is 6.01 Å². The van der Waals surface area contributed by atoms with Gasteiger partial charge in [-0.1, -0.05) is 0 Å². The Morgan fingerprint density at radius 3 is 2.47 bits per heavy atom. The molecule has 0 unspecified atom stereocenters. The molecule has 0 radical (unpaired) electrons. The molecule has 0 saturated heterocycles. The van der Waals surface area contributed by atoms with Crippen molar-refractivity contribution in [2.75, 3.05) is 30.3 Å². The molecule has 0 saturated carbocycles. The largest absolute Gasteiger partial charge is 0.464 e. The second-order valence-electron chi connectivity index (χ2n) is 3.73. The van der Waals surface area contributed by atoms with Crippen molar-refractivity contribution < 1.29 is 9.53 Å². The molecule has 1 aromatic heterocycles. The van der Waals surface area contributed by atoms with Crippen molar-refractivity contribution >= 4 is 17.8 Å². The molecule has 0 aliphatic heterocycles. The van der Waals surface area contributed by atoms with Gasteiger partial charge in [0.2, 0.25) is 17.8 Å². The summed E-state index contributed by atoms with van der Waals surface area (Å²) in [5.74, 6) is 0.554. The van der Waals surface area contributed by atoms with Gasteiger partial charge in [0, 0.05) is 19.5 Å². The summed E-state index contributed by atoms with van der Waals surface area (Å²) in [4.78, 5) is 23.0. The number of aromatic nitrogens is 3. The summed E-state index contributed by atoms with van der Waals surface area (Å²) in [5, 5.41) is 6.01. The first kappa shape index (κ1) is 14.9. The second kappa shape index (κ2) is 8.06. The lowest BCUT2D eigenvalue weighted by atomic mass is 10.3. The van der Waals surface area contributed by atoms with Crippen molar-refractivity contribution in [2.24, 2.45) is 5.73 Å². The number of rotatable bonds is 9. The molecular formula is C11H20N6O2. The Labute approximate surface area is 112 Å². The molecule has 0 aromatic carbocycles. The van der Waals surface area contributed by atoms with Gasteiger partial charge in [-0.3, -0.25) is 4.79 Å². The number of anilines is 2. The van der Waals surface area contributed by atoms with Crippen molar-refractivity contribution in [3.63, 3.8) is 0 Å². The van der Waals surface area contributed by atoms with Crippen molar-refractivity contribution in [3.05, 3.63) is 0 Å². The number of nitrogens with two attached hydrogens (primary N) is 1. The average Bonchev–Trinajstić information content (AvgIpc) is 2.35. The minimum atomic E-state index is -0.319. The monoisotopic (exact) mass is 268 g/mol. The number of nitrogens with zero attached hydrogens (tertiary/aromatic N) is 3. The smallest absolute Gasteiger partial charge is 0.323 e. The molecule has 8 nitrogen and oxygen atoms in total. The van der Waals surface area contributed by atoms with Gasteiger partial charge in [0.1, 0.15) is 0 Å². The minimum absolute atomic E-state index is 0.269. The Morgan fingerprint density at radius 1 is 1.21 bits per heavy atom. The first-order valence-electron chi connectivity index (χ1n) is 6.30. The summed E-state index contributed by atoms with van der Waals surface area (Å²) in [6, 6.07) is 0.269. The summed E-state index contributed by atoms with van der Waals surface area (Å²) in [6.07, 6.45) is 0.956. The molecule has 4 N–H and O–H groups in total. The van der Waals surface area contributed by atoms with E-state index in [1.807, 2.05) is 13.8 Å². The molecule has 1 rings (SSSR count). The molecule has 1 aromatic rings. The molecule has 1 amide bonds. The molecule has 0 fully saturated rings. The minimum Gasteiger partial charge on any atom is -0.464 e. The van der Waals surface area contributed by atoms with Crippen LogP contribution in [-0.4, -0.2) is 40.6 Å². The van der Waals surface area contributed by atoms with Gasteiger partial charge >= 0.3 is 6.01 Å². The molecular weight excluding hydrogens is 248 g/mol. The van der Waals surface area contributed by atoms with Gasteiger partial charge in [-0.2, -0.15) is 15.0 Å². The van der Waals surface area contributed by atoms with Gasteiger partial charge < -0.3 is 21.1 Å². The third-order valence-electron chi connectivity index (χ3n) is 2.11. The van der Waals surface area contributed by atoms with Crippen LogP contribution in [0.5, 0.6) is 6.01 Å². The first-order chi connectivity index (χ1) is 9.15. The summed E-state index contributed by atoms with van der Waals surface area (Å²) < 4.78 is 5.26. The predicted molar refractivity (Wildman–Crippen MR) is 72.1 cm³/mol. The van der Waals surface area contributed by atoms with Crippen molar-refractivity contribution in [1.29, 1.82) is 0 Å². The van der Waals surface area contributed by atoms with Crippen LogP contribution in [0.2, 0.25) is 0 Å². The van der Waals surface area contributed by atoms with Crippen LogP contribution in [0.15, 0.2) is 0 Å². The molecule has 0 spiro atoms. The standard InChI is InChI=1S/C11H20N6O2/c1-3-13-9-15-10(14-7-5-6-8(12)18)17-11(16-9)19-4-2/h3-7H2,1-2H3,(H2,12,18)(H2,13,14,15,16,17). The summed E-state index contributed by atoms with van der Waals surface area (Å²) in [6.45, 7) is 5.55. The van der Waals surface area contributed by atoms with Gasteiger partial charge in [0.25, 0.3) is 0 Å². The highest BCUT2D eigenvalue weighted by Crippen LogP contribution is 2.11. The summed E-state index contributed by atoms with van der Waals surface area (Å²) in [5.41, 5.74) is 5.06. The van der Waals surface area contributed by atoms with Crippen LogP contribution >= 0.6 is 0 Å². The van der Waals surface area contributed by atoms with Crippen LogP contribution in [-0.2, 0) is 4.79 Å². The average molecular weight is 268 g/mol. The van der Waals surface area contributed by atoms with E-state index < -0.39 is 0 Å². The number of carbonyl (C=O) groups is 1. The molecule has 0 bridgehead atoms. The second-order valence-corrected chi connectivity index (χ2v) is 3.73. The van der Waals surface area contributed by atoms with Crippen molar-refractivity contribution in [1.82, 2.24) is 15.0 Å². The molecule has 19 heavy (non-hydrogen) atoms. The normalized spacial score (nSPS) is 10.0. The quantitative estimate of drug-likeness (QED) is 0.554. The summed E-state index contributed by atoms with van der Waals surface area (Å²) in [7, 11) is 0. The number of primary amides is 1. The Hall–Kier alpha value is -2.12. The molecule has 0 atom stereocenters. The zero-order valence-corrected chi connectivity index (χ0v) is 11.3. The van der Waals surface area contributed by atoms with E-state index in [1.54, 1.807) is 0 Å². The Bertz CT molecular complexity index is 388. The maximum Gasteiger partial charge on any atom is 0.323 e. The van der Waals surface area contributed by atoms with Crippen LogP contribution in [0, 0.1) is 0 Å². The number of hydrogen-bond acceptors (Lipinski definition) is 7. The maximum absolute atomic E-state index is 10.6. The highest BCUT2D eigenvalue weighted by molar-refractivity contribution is 5.73. The Kier molecular flexibility index (Phi) is 6.34. The van der Waals surface area contributed by atoms with Crippen LogP contribution in [0.3, 0.4) is 0 Å². The van der Waals surface area contributed by atoms with Gasteiger partial charge in [-0.05, 0) is 20.3 Å². The predicted octanol–water partition coefficient (Wildman–Crippen LogP) is 0.380. The zero-order chi connectivity index (χ0) is 14.1. The number of nitrogens with one attached hydrogen (secondary N) is 2. The zero-order valence-electron chi connectivity index (χ0n) is 11.3. The van der Waals surface area contributed by atoms with E-state index in [9.17, 15) is 4.79 Å². The first-order valence-corrected chi connectivity index (χ1v) is 6.30. The molecule has 0 aliphatic carbocycles. The lowest BCUT2D eigenvalue weighted by molar-refractivity contribution is -0.118. The highest BCUT2D eigenvalue weighted by atomic mass is 16.5. The van der Waals surface area contributed by atoms with Crippen LogP contribution in [0.25, 0.3) is 0 Å². The number of carbonyl (C=O) groups excluding carboxylic acids is 1. The third kappa shape index (κ3) is 5.84. The highest BCUT2D eigenvalue weighted by Gasteiger charge is 2.06. The van der Waals surface area contributed by atoms with Crippen molar-refractivity contribution in [2.45, 2.75) is 26.7 Å². The number of amides is 1. The number of hydrogen-bond donors (Lipinski definition) is 3. The molecule has 1 heterocycles. The fourth-order valence-electron chi connectivity index (χ4n) is 1.33. The molecule has 8 heteroatoms. The van der Waals surface area contributed by atoms with E-state index in [-0.39, 0.29) is 11.9 Å². The lowest BCUT2D eigenvalue weighted by Gasteiger charge is -2.08. The van der Waals surface area contributed by atoms with E-state index in [0.717, 1.165) is 0 Å². The number of ether oxygens (including phenoxy) is 1. The van der Waals surface area contributed by atoms with Gasteiger partial charge in [0.15, 0.2) is 0 Å². The van der Waals surface area contributed by atoms with E-state index in [4.69, 9.17) is 10.5 Å². The Balaban J connectivity index is 2.61. The SMILES string of the molecule is CCNc1nc(NCCCC(N)=O)nc(OCC)n1. The van der Waals surface area contributed by atoms with Crippen LogP contribution in [0.4, 0.5) is 11.9 Å². The van der Waals surface area contributed by atoms with Gasteiger partial charge in [-0.15, -0.1) is 0 Å². The van der Waals surface area contributed by atoms with Crippen LogP contribution in [0.1, 0.15) is 26.7 Å². The van der Waals surface area contributed by atoms with Gasteiger partial charge in [-0.25, -0.2) is 0 Å². The van der Waals surface area contributed by atoms with E-state index in [0.29, 0.717) is 44.4 Å². The fraction of sp³-hybridized carbons (Fsp3) is 0.636. The molecule has 0 aliphatic rings. The molecule has 106 valence electrons. The summed E-state index contributed by atoms with van der Waals surface area (Å²) >= 11 is 0. The Morgan fingerprint density at radius 2 is 1.89 bits per heavy atom. The third-order valence-corrected chi connectivity index (χ3v) is 2.11. The fourth-order valence-corrected chi connectivity index (χ4v) is 1.33. The van der Waals surface area contributed by atoms with E-state index in [1.165, 1.54) is 0 Å². The maximum atomic E-state index is 10.6. The lowest BCUT2D eigenvalue weighted by Crippen LogP contribution is -2.14. The van der Waals surface area contributed by atoms with Gasteiger partial charge in [0.05, 0.1) is 6.61 Å². The van der Waals surface area contributed by atoms with Crippen LogP contribution < -0.4 is 21.1 Å². The topological polar surface area (TPSA) is 115 Å². The van der Waals surface area contributed by atoms with E-state index in [2.05, 4.69) is 25.6 Å². The van der Waals surface area contributed by atoms with E-state index >= 15 is 0 Å².